The zero-order valence-corrected chi connectivity index (χ0v) is 29.6. The molecule has 3 heteroatoms. The summed E-state index contributed by atoms with van der Waals surface area (Å²) in [5.41, 5.74) is 4.59. The van der Waals surface area contributed by atoms with Crippen molar-refractivity contribution in [1.29, 1.82) is 0 Å². The Labute approximate surface area is 261 Å². The number of rotatable bonds is 17. The van der Waals surface area contributed by atoms with E-state index in [9.17, 15) is 4.79 Å². The monoisotopic (exact) mass is 585 g/mol. The number of unbranched alkanes of at least 4 members (excludes halogenated alkanes) is 5. The fourth-order valence-corrected chi connectivity index (χ4v) is 5.95. The second-order valence-corrected chi connectivity index (χ2v) is 12.6. The van der Waals surface area contributed by atoms with E-state index in [1.54, 1.807) is 13.8 Å². The Kier molecular flexibility index (Phi) is 20.0. The van der Waals surface area contributed by atoms with E-state index in [0.717, 1.165) is 25.0 Å². The molecule has 2 rings (SSSR count). The molecule has 0 aromatic heterocycles. The first-order valence-electron chi connectivity index (χ1n) is 17.4. The number of allylic oxidation sites excluding steroid dienone is 3. The van der Waals surface area contributed by atoms with E-state index in [1.165, 1.54) is 100 Å². The Balaban J connectivity index is 0.00000130. The van der Waals surface area contributed by atoms with E-state index in [0.29, 0.717) is 6.10 Å². The number of hydrogen-bond acceptors (Lipinski definition) is 3. The number of carbonyl (C=O) groups excluding carboxylic acids is 1. The smallest absolute Gasteiger partial charge is 0.166 e. The van der Waals surface area contributed by atoms with Crippen LogP contribution in [0.5, 0.6) is 5.75 Å². The minimum atomic E-state index is -1.16. The van der Waals surface area contributed by atoms with Gasteiger partial charge in [0, 0.05) is 11.3 Å². The maximum atomic E-state index is 10.9. The van der Waals surface area contributed by atoms with E-state index >= 15 is 0 Å². The molecule has 0 amide bonds. The minimum Gasteiger partial charge on any atom is -0.490 e. The van der Waals surface area contributed by atoms with Crippen molar-refractivity contribution in [1.82, 2.24) is 0 Å². The summed E-state index contributed by atoms with van der Waals surface area (Å²) in [5.74, 6) is 0.870. The molecular weight excluding hydrogens is 516 g/mol. The van der Waals surface area contributed by atoms with Gasteiger partial charge in [-0.2, -0.15) is 0 Å². The molecule has 242 valence electrons. The summed E-state index contributed by atoms with van der Waals surface area (Å²) in [5, 5.41) is 9.11. The van der Waals surface area contributed by atoms with E-state index in [2.05, 4.69) is 58.9 Å². The lowest BCUT2D eigenvalue weighted by Gasteiger charge is -2.33. The molecule has 1 aliphatic carbocycles. The molecule has 0 bridgehead atoms. The van der Waals surface area contributed by atoms with Gasteiger partial charge >= 0.3 is 0 Å². The predicted molar refractivity (Wildman–Crippen MR) is 186 cm³/mol. The number of carbonyl (C=O) groups is 1. The highest BCUT2D eigenvalue weighted by Gasteiger charge is 2.43. The van der Waals surface area contributed by atoms with Crippen molar-refractivity contribution in [3.05, 3.63) is 47.6 Å². The minimum absolute atomic E-state index is 0.0787. The highest BCUT2D eigenvalue weighted by molar-refractivity contribution is 5.90. The summed E-state index contributed by atoms with van der Waals surface area (Å²) in [4.78, 5) is 10.9. The van der Waals surface area contributed by atoms with Crippen LogP contribution < -0.4 is 4.74 Å². The van der Waals surface area contributed by atoms with Gasteiger partial charge in [0.05, 0.1) is 6.10 Å². The third-order valence-electron chi connectivity index (χ3n) is 8.29. The van der Waals surface area contributed by atoms with Crippen LogP contribution in [0.15, 0.2) is 36.4 Å². The second-order valence-electron chi connectivity index (χ2n) is 12.6. The standard InChI is InChI=1S/C30H48O.C7H14O2.C2H6/c1-7-12-15-16-22-30(21-14-9-3)24(6)27(17-10-4)28-20-19-26(23-29(28)30)31-25(11-5)18-13-8-2;1-5(2)6(8)7(3,4)9;1-2/h17,19-20,23,25H,6-16,18,21-22H2,1-5H3;5,9H,1-4H3;1-2H3/b27-17+;;. The van der Waals surface area contributed by atoms with Crippen LogP contribution >= 0.6 is 0 Å². The average molecular weight is 585 g/mol. The van der Waals surface area contributed by atoms with Gasteiger partial charge in [-0.3, -0.25) is 4.79 Å². The Morgan fingerprint density at radius 1 is 0.952 bits per heavy atom. The predicted octanol–water partition coefficient (Wildman–Crippen LogP) is 11.8. The average Bonchev–Trinajstić information content (AvgIpc) is 3.19. The zero-order chi connectivity index (χ0) is 32.3. The lowest BCUT2D eigenvalue weighted by atomic mass is 9.71. The Bertz CT molecular complexity index is 933. The first-order chi connectivity index (χ1) is 19.9. The van der Waals surface area contributed by atoms with Crippen molar-refractivity contribution < 1.29 is 14.6 Å². The summed E-state index contributed by atoms with van der Waals surface area (Å²) in [6, 6.07) is 6.92. The molecule has 0 heterocycles. The normalized spacial score (nSPS) is 17.7. The van der Waals surface area contributed by atoms with Gasteiger partial charge < -0.3 is 9.84 Å². The fourth-order valence-electron chi connectivity index (χ4n) is 5.95. The zero-order valence-electron chi connectivity index (χ0n) is 29.6. The molecular formula is C39H68O3. The van der Waals surface area contributed by atoms with Crippen LogP contribution in [0.25, 0.3) is 5.57 Å². The highest BCUT2D eigenvalue weighted by atomic mass is 16.5. The summed E-state index contributed by atoms with van der Waals surface area (Å²) < 4.78 is 6.51. The maximum Gasteiger partial charge on any atom is 0.166 e. The van der Waals surface area contributed by atoms with Gasteiger partial charge in [0.1, 0.15) is 11.4 Å². The summed E-state index contributed by atoms with van der Waals surface area (Å²) in [7, 11) is 0. The SMILES string of the molecule is C=C1/C(=C\CC)c2ccc(OC(CC)CCCC)cc2C1(CCCC)CCCCCC.CC.CC(C)C(=O)C(C)(C)O. The third kappa shape index (κ3) is 12.0. The van der Waals surface area contributed by atoms with Gasteiger partial charge in [0.25, 0.3) is 0 Å². The van der Waals surface area contributed by atoms with Crippen LogP contribution in [0.4, 0.5) is 0 Å². The van der Waals surface area contributed by atoms with Crippen LogP contribution in [0.1, 0.15) is 171 Å². The molecule has 1 aliphatic rings. The first kappa shape index (κ1) is 40.1. The topological polar surface area (TPSA) is 46.5 Å². The number of ketones is 1. The van der Waals surface area contributed by atoms with Crippen molar-refractivity contribution >= 4 is 11.4 Å². The van der Waals surface area contributed by atoms with Gasteiger partial charge in [0.15, 0.2) is 5.78 Å². The molecule has 0 spiro atoms. The van der Waals surface area contributed by atoms with Crippen molar-refractivity contribution in [2.75, 3.05) is 0 Å². The van der Waals surface area contributed by atoms with Crippen molar-refractivity contribution in [2.24, 2.45) is 5.92 Å². The molecule has 2 unspecified atom stereocenters. The summed E-state index contributed by atoms with van der Waals surface area (Å²) in [6.45, 7) is 26.6. The molecule has 3 nitrogen and oxygen atoms in total. The molecule has 1 N–H and O–H groups in total. The number of hydrogen-bond donors (Lipinski definition) is 1. The maximum absolute atomic E-state index is 10.9. The fraction of sp³-hybridized carbons (Fsp3) is 0.718. The summed E-state index contributed by atoms with van der Waals surface area (Å²) >= 11 is 0. The van der Waals surface area contributed by atoms with Gasteiger partial charge in [-0.1, -0.05) is 132 Å². The first-order valence-corrected chi connectivity index (χ1v) is 17.4. The van der Waals surface area contributed by atoms with Crippen LogP contribution in [0.2, 0.25) is 0 Å². The highest BCUT2D eigenvalue weighted by Crippen LogP contribution is 2.55. The molecule has 0 radical (unpaired) electrons. The van der Waals surface area contributed by atoms with Crippen molar-refractivity contribution in [3.8, 4) is 5.75 Å². The number of Topliss-reactive ketones (excluding diaryl/α,β-unsaturated/α-hetero) is 1. The molecule has 0 saturated carbocycles. The number of aliphatic hydroxyl groups is 1. The second kappa shape index (κ2) is 20.9. The molecule has 42 heavy (non-hydrogen) atoms. The van der Waals surface area contributed by atoms with E-state index in [4.69, 9.17) is 16.4 Å². The van der Waals surface area contributed by atoms with Crippen LogP contribution in [0.3, 0.4) is 0 Å². The van der Waals surface area contributed by atoms with Crippen LogP contribution in [-0.4, -0.2) is 22.6 Å². The lowest BCUT2D eigenvalue weighted by Crippen LogP contribution is -2.34. The van der Waals surface area contributed by atoms with Crippen molar-refractivity contribution in [3.63, 3.8) is 0 Å². The summed E-state index contributed by atoms with van der Waals surface area (Å²) in [6.07, 6.45) is 18.6. The Morgan fingerprint density at radius 2 is 1.55 bits per heavy atom. The van der Waals surface area contributed by atoms with E-state index in [1.807, 2.05) is 13.8 Å². The molecule has 0 fully saturated rings. The van der Waals surface area contributed by atoms with Crippen LogP contribution in [0, 0.1) is 5.92 Å². The third-order valence-corrected chi connectivity index (χ3v) is 8.29. The molecule has 1 aromatic rings. The largest absolute Gasteiger partial charge is 0.490 e. The van der Waals surface area contributed by atoms with Gasteiger partial charge in [-0.25, -0.2) is 0 Å². The lowest BCUT2D eigenvalue weighted by molar-refractivity contribution is -0.137. The number of benzene rings is 1. The molecule has 2 atom stereocenters. The van der Waals surface area contributed by atoms with E-state index < -0.39 is 5.60 Å². The van der Waals surface area contributed by atoms with Gasteiger partial charge in [-0.15, -0.1) is 0 Å². The van der Waals surface area contributed by atoms with Crippen molar-refractivity contribution in [2.45, 2.75) is 177 Å². The van der Waals surface area contributed by atoms with Gasteiger partial charge in [0.2, 0.25) is 0 Å². The molecule has 0 saturated heterocycles. The van der Waals surface area contributed by atoms with Gasteiger partial charge in [-0.05, 0) is 80.4 Å². The Hall–Kier alpha value is -1.87. The Morgan fingerprint density at radius 3 is 2.02 bits per heavy atom. The van der Waals surface area contributed by atoms with Crippen LogP contribution in [-0.2, 0) is 10.2 Å². The number of ether oxygens (including phenoxy) is 1. The number of fused-ring (bicyclic) bond motifs is 1. The quantitative estimate of drug-likeness (QED) is 0.185. The van der Waals surface area contributed by atoms with E-state index in [-0.39, 0.29) is 17.1 Å². The molecule has 0 aliphatic heterocycles. The molecule has 1 aromatic carbocycles.